The lowest BCUT2D eigenvalue weighted by Crippen LogP contribution is -2.47. The third kappa shape index (κ3) is 6.16. The van der Waals surface area contributed by atoms with Crippen molar-refractivity contribution in [3.63, 3.8) is 0 Å². The van der Waals surface area contributed by atoms with Crippen molar-refractivity contribution in [1.29, 1.82) is 0 Å². The number of ether oxygens (including phenoxy) is 2. The summed E-state index contributed by atoms with van der Waals surface area (Å²) >= 11 is 0. The summed E-state index contributed by atoms with van der Waals surface area (Å²) in [5.41, 5.74) is -4.00. The molecule has 0 aliphatic carbocycles. The van der Waals surface area contributed by atoms with E-state index in [0.29, 0.717) is 50.9 Å². The van der Waals surface area contributed by atoms with Crippen molar-refractivity contribution in [3.05, 3.63) is 40.2 Å². The molecule has 2 fully saturated rings. The van der Waals surface area contributed by atoms with E-state index in [1.54, 1.807) is 14.9 Å². The number of rotatable bonds is 7. The van der Waals surface area contributed by atoms with Crippen LogP contribution >= 0.6 is 0 Å². The number of halogens is 6. The van der Waals surface area contributed by atoms with Gasteiger partial charge < -0.3 is 19.3 Å². The Morgan fingerprint density at radius 3 is 2.32 bits per heavy atom. The van der Waals surface area contributed by atoms with Gasteiger partial charge in [-0.2, -0.15) is 31.4 Å². The summed E-state index contributed by atoms with van der Waals surface area (Å²) in [6.45, 7) is 2.62. The smallest absolute Gasteiger partial charge is 0.434 e. The van der Waals surface area contributed by atoms with Crippen LogP contribution < -0.4 is 15.2 Å². The van der Waals surface area contributed by atoms with Gasteiger partial charge in [0.2, 0.25) is 0 Å². The number of hydrogen-bond donors (Lipinski definition) is 1. The van der Waals surface area contributed by atoms with E-state index in [-0.39, 0.29) is 18.6 Å². The predicted molar refractivity (Wildman–Crippen MR) is 118 cm³/mol. The van der Waals surface area contributed by atoms with Crippen LogP contribution in [0.2, 0.25) is 0 Å². The molecule has 2 unspecified atom stereocenters. The van der Waals surface area contributed by atoms with Crippen molar-refractivity contribution < 1.29 is 40.6 Å². The lowest BCUT2D eigenvalue weighted by atomic mass is 10.0. The number of likely N-dealkylation sites (tertiary alicyclic amines) is 1. The normalized spacial score (nSPS) is 20.2. The Labute approximate surface area is 211 Å². The molecule has 208 valence electrons. The van der Waals surface area contributed by atoms with Gasteiger partial charge in [-0.25, -0.2) is 15.1 Å². The second-order valence-electron chi connectivity index (χ2n) is 8.98. The van der Waals surface area contributed by atoms with E-state index in [9.17, 15) is 35.9 Å². The highest BCUT2D eigenvalue weighted by atomic mass is 19.4. The van der Waals surface area contributed by atoms with Gasteiger partial charge in [0.15, 0.2) is 17.0 Å². The first-order valence-electron chi connectivity index (χ1n) is 11.7. The second kappa shape index (κ2) is 10.7. The molecule has 2 aromatic rings. The van der Waals surface area contributed by atoms with Crippen LogP contribution in [-0.4, -0.2) is 75.5 Å². The molecule has 2 aliphatic rings. The number of alkyl halides is 6. The first kappa shape index (κ1) is 27.6. The van der Waals surface area contributed by atoms with Crippen LogP contribution in [0.15, 0.2) is 23.4 Å². The highest BCUT2D eigenvalue weighted by molar-refractivity contribution is 5.83. The van der Waals surface area contributed by atoms with Gasteiger partial charge in [-0.15, -0.1) is 0 Å². The molecule has 0 saturated carbocycles. The van der Waals surface area contributed by atoms with Crippen molar-refractivity contribution in [2.24, 2.45) is 0 Å². The summed E-state index contributed by atoms with van der Waals surface area (Å²) in [5, 5.41) is 5.06. The van der Waals surface area contributed by atoms with E-state index in [1.165, 1.54) is 6.92 Å². The standard InChI is InChI=1S/C22H24F6N6O4/c1-12(38-15-8-31-32-19(35)18(15)22(26,27)28)11-37-14-4-7-34(20(14)36)13-2-5-33(6-3-13)17-10-29-16(9-30-17)21(23,24)25/h8-10,12-14H,2-7,11H2,1H3,(H,32,35). The highest BCUT2D eigenvalue weighted by Crippen LogP contribution is 2.33. The number of H-pyrrole nitrogens is 1. The monoisotopic (exact) mass is 550 g/mol. The SMILES string of the molecule is CC(COC1CCN(C2CCN(c3cnc(C(F)(F)F)cn3)CC2)C1=O)Oc1cn[nH]c(=O)c1C(F)(F)F. The van der Waals surface area contributed by atoms with Crippen molar-refractivity contribution in [2.75, 3.05) is 31.1 Å². The molecule has 2 saturated heterocycles. The van der Waals surface area contributed by atoms with E-state index >= 15 is 0 Å². The number of nitrogens with one attached hydrogen (secondary N) is 1. The third-order valence-corrected chi connectivity index (χ3v) is 6.31. The molecule has 4 rings (SSSR count). The molecule has 1 N–H and O–H groups in total. The van der Waals surface area contributed by atoms with Crippen LogP contribution in [-0.2, 0) is 21.9 Å². The Hall–Kier alpha value is -3.43. The molecule has 0 bridgehead atoms. The number of amides is 1. The van der Waals surface area contributed by atoms with Crippen molar-refractivity contribution >= 4 is 11.7 Å². The Kier molecular flexibility index (Phi) is 7.80. The lowest BCUT2D eigenvalue weighted by Gasteiger charge is -2.37. The molecule has 10 nitrogen and oxygen atoms in total. The lowest BCUT2D eigenvalue weighted by molar-refractivity contribution is -0.142. The maximum atomic E-state index is 13.2. The highest BCUT2D eigenvalue weighted by Gasteiger charge is 2.40. The first-order chi connectivity index (χ1) is 17.8. The zero-order valence-corrected chi connectivity index (χ0v) is 20.1. The maximum absolute atomic E-state index is 13.2. The summed E-state index contributed by atoms with van der Waals surface area (Å²) in [4.78, 5) is 35.2. The average molecular weight is 550 g/mol. The quantitative estimate of drug-likeness (QED) is 0.524. The first-order valence-corrected chi connectivity index (χ1v) is 11.7. The molecule has 38 heavy (non-hydrogen) atoms. The van der Waals surface area contributed by atoms with Crippen LogP contribution in [0.1, 0.15) is 37.4 Å². The van der Waals surface area contributed by atoms with Crippen LogP contribution in [0.25, 0.3) is 0 Å². The Morgan fingerprint density at radius 2 is 1.71 bits per heavy atom. The summed E-state index contributed by atoms with van der Waals surface area (Å²) in [6, 6.07) is -0.0973. The van der Waals surface area contributed by atoms with Crippen molar-refractivity contribution in [1.82, 2.24) is 25.1 Å². The molecule has 0 radical (unpaired) electrons. The summed E-state index contributed by atoms with van der Waals surface area (Å²) in [6.07, 6.45) is -7.17. The largest absolute Gasteiger partial charge is 0.486 e. The number of aromatic nitrogens is 4. The van der Waals surface area contributed by atoms with E-state index in [1.807, 2.05) is 0 Å². The molecule has 2 aromatic heterocycles. The van der Waals surface area contributed by atoms with E-state index in [2.05, 4.69) is 15.1 Å². The number of aromatic amines is 1. The number of piperidine rings is 1. The summed E-state index contributed by atoms with van der Waals surface area (Å²) < 4.78 is 88.5. The zero-order valence-electron chi connectivity index (χ0n) is 20.1. The Bertz CT molecular complexity index is 1180. The predicted octanol–water partition coefficient (Wildman–Crippen LogP) is 2.65. The minimum absolute atomic E-state index is 0.0973. The van der Waals surface area contributed by atoms with Gasteiger partial charge in [0, 0.05) is 32.1 Å². The fourth-order valence-corrected chi connectivity index (χ4v) is 4.47. The summed E-state index contributed by atoms with van der Waals surface area (Å²) in [7, 11) is 0. The number of carbonyl (C=O) groups is 1. The average Bonchev–Trinajstić information content (AvgIpc) is 3.21. The minimum atomic E-state index is -4.94. The molecular weight excluding hydrogens is 526 g/mol. The van der Waals surface area contributed by atoms with Crippen LogP contribution in [0.5, 0.6) is 5.75 Å². The maximum Gasteiger partial charge on any atom is 0.434 e. The molecule has 2 atom stereocenters. The van der Waals surface area contributed by atoms with Gasteiger partial charge in [0.1, 0.15) is 18.0 Å². The molecule has 0 spiro atoms. The van der Waals surface area contributed by atoms with Gasteiger partial charge >= 0.3 is 12.4 Å². The molecule has 2 aliphatic heterocycles. The number of anilines is 1. The van der Waals surface area contributed by atoms with Crippen molar-refractivity contribution in [3.8, 4) is 5.75 Å². The summed E-state index contributed by atoms with van der Waals surface area (Å²) in [5.74, 6) is -0.663. The minimum Gasteiger partial charge on any atom is -0.486 e. The molecular formula is C22H24F6N6O4. The molecule has 1 amide bonds. The zero-order chi connectivity index (χ0) is 27.7. The second-order valence-corrected chi connectivity index (χ2v) is 8.98. The van der Waals surface area contributed by atoms with Gasteiger partial charge in [0.25, 0.3) is 11.5 Å². The van der Waals surface area contributed by atoms with Gasteiger partial charge in [-0.3, -0.25) is 9.59 Å². The molecule has 16 heteroatoms. The van der Waals surface area contributed by atoms with Gasteiger partial charge in [-0.05, 0) is 19.8 Å². The molecule has 4 heterocycles. The third-order valence-electron chi connectivity index (χ3n) is 6.31. The van der Waals surface area contributed by atoms with Crippen molar-refractivity contribution in [2.45, 2.75) is 56.8 Å². The van der Waals surface area contributed by atoms with Crippen LogP contribution in [0.3, 0.4) is 0 Å². The van der Waals surface area contributed by atoms with E-state index in [0.717, 1.165) is 12.4 Å². The van der Waals surface area contributed by atoms with Crippen LogP contribution in [0.4, 0.5) is 32.2 Å². The number of carbonyl (C=O) groups excluding carboxylic acids is 1. The van der Waals surface area contributed by atoms with Gasteiger partial charge in [-0.1, -0.05) is 0 Å². The van der Waals surface area contributed by atoms with Crippen LogP contribution in [0, 0.1) is 0 Å². The van der Waals surface area contributed by atoms with Gasteiger partial charge in [0.05, 0.1) is 25.2 Å². The number of nitrogens with zero attached hydrogens (tertiary/aromatic N) is 5. The number of hydrogen-bond acceptors (Lipinski definition) is 8. The molecule has 0 aromatic carbocycles. The Balaban J connectivity index is 1.27. The Morgan fingerprint density at radius 1 is 1.00 bits per heavy atom. The fourth-order valence-electron chi connectivity index (χ4n) is 4.47. The topological polar surface area (TPSA) is 114 Å². The van der Waals surface area contributed by atoms with E-state index in [4.69, 9.17) is 9.47 Å². The van der Waals surface area contributed by atoms with E-state index < -0.39 is 47.1 Å². The fraction of sp³-hybridized carbons (Fsp3) is 0.591.